The summed E-state index contributed by atoms with van der Waals surface area (Å²) in [7, 11) is 1.60. The lowest BCUT2D eigenvalue weighted by atomic mass is 9.84. The summed E-state index contributed by atoms with van der Waals surface area (Å²) >= 11 is 0. The van der Waals surface area contributed by atoms with Crippen molar-refractivity contribution in [2.75, 3.05) is 31.7 Å². The molecule has 0 radical (unpaired) electrons. The van der Waals surface area contributed by atoms with E-state index in [9.17, 15) is 19.8 Å². The molecule has 1 saturated heterocycles. The molecule has 2 aromatic rings. The summed E-state index contributed by atoms with van der Waals surface area (Å²) in [6.07, 6.45) is 5.61. The molecule has 37 heavy (non-hydrogen) atoms. The molecule has 2 heterocycles. The number of carboxylic acid groups (broad SMARTS) is 1. The molecule has 1 aromatic carbocycles. The van der Waals surface area contributed by atoms with Gasteiger partial charge in [0.05, 0.1) is 25.3 Å². The minimum absolute atomic E-state index is 0.0187. The van der Waals surface area contributed by atoms with Gasteiger partial charge in [-0.05, 0) is 81.0 Å². The maximum Gasteiger partial charge on any atom is 0.306 e. The Labute approximate surface area is 218 Å². The first kappa shape index (κ1) is 26.9. The number of rotatable bonds is 11. The average Bonchev–Trinajstić information content (AvgIpc) is 3.72. The first-order valence-electron chi connectivity index (χ1n) is 13.1. The smallest absolute Gasteiger partial charge is 0.306 e. The van der Waals surface area contributed by atoms with E-state index in [1.807, 2.05) is 18.2 Å². The number of benzene rings is 1. The predicted octanol–water partition coefficient (Wildman–Crippen LogP) is 4.55. The Hall–Kier alpha value is -3.13. The SMILES string of the molecule is COc1ccc(C(=O)C(C)(C)O)c(N2CCC(COc3cc([C@H](C4CC4)[C@H](C)C(=O)O)ccn3)CC2)c1. The van der Waals surface area contributed by atoms with Crippen molar-refractivity contribution in [2.45, 2.75) is 58.0 Å². The molecule has 0 bridgehead atoms. The van der Waals surface area contributed by atoms with Crippen molar-refractivity contribution in [1.29, 1.82) is 0 Å². The topological polar surface area (TPSA) is 109 Å². The molecule has 8 nitrogen and oxygen atoms in total. The maximum atomic E-state index is 12.9. The number of hydrogen-bond donors (Lipinski definition) is 2. The molecule has 2 N–H and O–H groups in total. The standard InChI is InChI=1S/C29H38N2O6/c1-18(28(33)34)26(20-5-6-20)21-9-12-30-25(15-21)37-17-19-10-13-31(14-11-19)24-16-22(36-4)7-8-23(24)27(32)29(2,3)35/h7-9,12,15-16,18-20,26,35H,5-6,10-11,13-14,17H2,1-4H3,(H,33,34)/t18-,26-/m0/s1. The summed E-state index contributed by atoms with van der Waals surface area (Å²) in [4.78, 5) is 31.1. The molecule has 2 aliphatic rings. The van der Waals surface area contributed by atoms with Gasteiger partial charge >= 0.3 is 5.97 Å². The van der Waals surface area contributed by atoms with Gasteiger partial charge in [0.25, 0.3) is 0 Å². The van der Waals surface area contributed by atoms with E-state index < -0.39 is 17.5 Å². The Balaban J connectivity index is 1.39. The zero-order valence-corrected chi connectivity index (χ0v) is 22.1. The Morgan fingerprint density at radius 3 is 2.43 bits per heavy atom. The summed E-state index contributed by atoms with van der Waals surface area (Å²) in [5, 5.41) is 19.9. The van der Waals surface area contributed by atoms with E-state index in [-0.39, 0.29) is 11.7 Å². The van der Waals surface area contributed by atoms with Gasteiger partial charge in [0.2, 0.25) is 5.88 Å². The van der Waals surface area contributed by atoms with Gasteiger partial charge in [-0.25, -0.2) is 4.98 Å². The lowest BCUT2D eigenvalue weighted by molar-refractivity contribution is -0.142. The molecular formula is C29H38N2O6. The van der Waals surface area contributed by atoms with Crippen molar-refractivity contribution in [3.8, 4) is 11.6 Å². The highest BCUT2D eigenvalue weighted by molar-refractivity contribution is 6.06. The predicted molar refractivity (Wildman–Crippen MR) is 141 cm³/mol. The zero-order valence-electron chi connectivity index (χ0n) is 22.1. The maximum absolute atomic E-state index is 12.9. The number of aliphatic hydroxyl groups is 1. The number of aromatic nitrogens is 1. The third-order valence-corrected chi connectivity index (χ3v) is 7.63. The van der Waals surface area contributed by atoms with E-state index >= 15 is 0 Å². The number of pyridine rings is 1. The summed E-state index contributed by atoms with van der Waals surface area (Å²) in [6.45, 7) is 6.82. The molecule has 4 rings (SSSR count). The van der Waals surface area contributed by atoms with Crippen molar-refractivity contribution >= 4 is 17.4 Å². The summed E-state index contributed by atoms with van der Waals surface area (Å²) in [6, 6.07) is 9.15. The first-order chi connectivity index (χ1) is 17.6. The number of ether oxygens (including phenoxy) is 2. The van der Waals surface area contributed by atoms with Gasteiger partial charge in [0.1, 0.15) is 11.4 Å². The number of aliphatic carboxylic acids is 1. The lowest BCUT2D eigenvalue weighted by Crippen LogP contribution is -2.38. The van der Waals surface area contributed by atoms with Crippen LogP contribution in [0.4, 0.5) is 5.69 Å². The molecule has 1 aliphatic carbocycles. The van der Waals surface area contributed by atoms with E-state index in [1.165, 1.54) is 13.8 Å². The van der Waals surface area contributed by atoms with Gasteiger partial charge in [0, 0.05) is 37.0 Å². The Morgan fingerprint density at radius 2 is 1.84 bits per heavy atom. The van der Waals surface area contributed by atoms with Crippen molar-refractivity contribution < 1.29 is 29.3 Å². The van der Waals surface area contributed by atoms with Gasteiger partial charge in [-0.15, -0.1) is 0 Å². The van der Waals surface area contributed by atoms with Crippen molar-refractivity contribution in [3.05, 3.63) is 47.7 Å². The average molecular weight is 511 g/mol. The second kappa shape index (κ2) is 11.1. The minimum atomic E-state index is -1.46. The largest absolute Gasteiger partial charge is 0.497 e. The number of carboxylic acids is 1. The third kappa shape index (κ3) is 6.42. The van der Waals surface area contributed by atoms with Crippen LogP contribution in [0.3, 0.4) is 0 Å². The molecule has 200 valence electrons. The van der Waals surface area contributed by atoms with E-state index in [0.29, 0.717) is 35.6 Å². The number of carbonyl (C=O) groups is 2. The monoisotopic (exact) mass is 510 g/mol. The van der Waals surface area contributed by atoms with E-state index in [1.54, 1.807) is 32.4 Å². The Morgan fingerprint density at radius 1 is 1.14 bits per heavy atom. The molecule has 8 heteroatoms. The van der Waals surface area contributed by atoms with Crippen LogP contribution in [-0.2, 0) is 4.79 Å². The second-order valence-corrected chi connectivity index (χ2v) is 10.9. The van der Waals surface area contributed by atoms with Crippen LogP contribution in [0.25, 0.3) is 0 Å². The highest BCUT2D eigenvalue weighted by Gasteiger charge is 2.39. The summed E-state index contributed by atoms with van der Waals surface area (Å²) in [5.41, 5.74) is 0.792. The fraction of sp³-hybridized carbons (Fsp3) is 0.552. The number of carbonyl (C=O) groups excluding carboxylic acids is 1. The molecule has 0 spiro atoms. The van der Waals surface area contributed by atoms with Gasteiger partial charge in [-0.1, -0.05) is 6.92 Å². The molecule has 0 unspecified atom stereocenters. The van der Waals surface area contributed by atoms with Crippen molar-refractivity contribution in [2.24, 2.45) is 17.8 Å². The molecule has 1 aromatic heterocycles. The van der Waals surface area contributed by atoms with Crippen LogP contribution in [-0.4, -0.2) is 59.4 Å². The van der Waals surface area contributed by atoms with Crippen LogP contribution in [0, 0.1) is 17.8 Å². The van der Waals surface area contributed by atoms with Crippen LogP contribution in [0.1, 0.15) is 68.3 Å². The highest BCUT2D eigenvalue weighted by atomic mass is 16.5. The van der Waals surface area contributed by atoms with Crippen LogP contribution in [0.5, 0.6) is 11.6 Å². The molecular weight excluding hydrogens is 472 g/mol. The third-order valence-electron chi connectivity index (χ3n) is 7.63. The van der Waals surface area contributed by atoms with Crippen LogP contribution in [0.15, 0.2) is 36.5 Å². The van der Waals surface area contributed by atoms with Crippen molar-refractivity contribution in [3.63, 3.8) is 0 Å². The number of piperidine rings is 1. The molecule has 1 saturated carbocycles. The Bertz CT molecular complexity index is 1120. The molecule has 0 amide bonds. The van der Waals surface area contributed by atoms with Crippen molar-refractivity contribution in [1.82, 2.24) is 4.98 Å². The second-order valence-electron chi connectivity index (χ2n) is 10.9. The number of nitrogens with zero attached hydrogens (tertiary/aromatic N) is 2. The van der Waals surface area contributed by atoms with Gasteiger partial charge in [0.15, 0.2) is 5.78 Å². The van der Waals surface area contributed by atoms with Gasteiger partial charge in [-0.2, -0.15) is 0 Å². The van der Waals surface area contributed by atoms with E-state index in [4.69, 9.17) is 9.47 Å². The Kier molecular flexibility index (Phi) is 8.07. The number of ketones is 1. The van der Waals surface area contributed by atoms with Crippen LogP contribution >= 0.6 is 0 Å². The van der Waals surface area contributed by atoms with E-state index in [0.717, 1.165) is 50.0 Å². The lowest BCUT2D eigenvalue weighted by Gasteiger charge is -2.35. The number of hydrogen-bond acceptors (Lipinski definition) is 7. The van der Waals surface area contributed by atoms with Crippen LogP contribution < -0.4 is 14.4 Å². The summed E-state index contributed by atoms with van der Waals surface area (Å²) < 4.78 is 11.5. The zero-order chi connectivity index (χ0) is 26.7. The summed E-state index contributed by atoms with van der Waals surface area (Å²) in [5.74, 6) is 0.393. The normalized spacial score (nSPS) is 18.2. The molecule has 2 fully saturated rings. The number of anilines is 1. The number of methoxy groups -OCH3 is 1. The molecule has 2 atom stereocenters. The number of Topliss-reactive ketones (excluding diaryl/α,β-unsaturated/α-hetero) is 1. The molecule has 1 aliphatic heterocycles. The van der Waals surface area contributed by atoms with Gasteiger partial charge < -0.3 is 24.6 Å². The first-order valence-corrected chi connectivity index (χ1v) is 13.1. The van der Waals surface area contributed by atoms with Crippen LogP contribution in [0.2, 0.25) is 0 Å². The van der Waals surface area contributed by atoms with E-state index in [2.05, 4.69) is 9.88 Å². The fourth-order valence-electron chi connectivity index (χ4n) is 5.25. The highest BCUT2D eigenvalue weighted by Crippen LogP contribution is 2.47. The fourth-order valence-corrected chi connectivity index (χ4v) is 5.25. The minimum Gasteiger partial charge on any atom is -0.497 e. The van der Waals surface area contributed by atoms with Gasteiger partial charge in [-0.3, -0.25) is 9.59 Å². The quantitative estimate of drug-likeness (QED) is 0.424.